The molecule has 0 fully saturated rings. The summed E-state index contributed by atoms with van der Waals surface area (Å²) in [4.78, 5) is 4.23. The Morgan fingerprint density at radius 3 is 3.00 bits per heavy atom. The van der Waals surface area contributed by atoms with E-state index in [4.69, 9.17) is 5.73 Å². The maximum absolute atomic E-state index is 5.61. The molecule has 0 atom stereocenters. The molecule has 0 aliphatic rings. The van der Waals surface area contributed by atoms with Crippen LogP contribution in [0.15, 0.2) is 24.8 Å². The molecular weight excluding hydrogens is 150 g/mol. The third-order valence-corrected chi connectivity index (χ3v) is 1.55. The zero-order valence-corrected chi connectivity index (χ0v) is 7.17. The zero-order valence-electron chi connectivity index (χ0n) is 7.17. The van der Waals surface area contributed by atoms with Crippen LogP contribution in [0, 0.1) is 6.92 Å². The van der Waals surface area contributed by atoms with Crippen molar-refractivity contribution in [3.63, 3.8) is 0 Å². The van der Waals surface area contributed by atoms with Gasteiger partial charge in [0.1, 0.15) is 5.82 Å². The summed E-state index contributed by atoms with van der Waals surface area (Å²) in [5.41, 5.74) is 7.18. The molecule has 0 saturated heterocycles. The van der Waals surface area contributed by atoms with Gasteiger partial charge < -0.3 is 11.1 Å². The smallest absolute Gasteiger partial charge is 0.126 e. The Morgan fingerprint density at radius 1 is 1.67 bits per heavy atom. The summed E-state index contributed by atoms with van der Waals surface area (Å²) in [6.07, 6.45) is 1.79. The highest BCUT2D eigenvalue weighted by molar-refractivity contribution is 5.49. The molecule has 0 amide bonds. The average molecular weight is 163 g/mol. The number of hydrogen-bond donors (Lipinski definition) is 2. The molecule has 0 saturated carbocycles. The molecule has 0 aromatic carbocycles. The van der Waals surface area contributed by atoms with Crippen molar-refractivity contribution < 1.29 is 0 Å². The topological polar surface area (TPSA) is 50.9 Å². The first kappa shape index (κ1) is 8.59. The highest BCUT2D eigenvalue weighted by Gasteiger charge is 1.95. The van der Waals surface area contributed by atoms with Crippen LogP contribution in [-0.4, -0.2) is 11.5 Å². The Hall–Kier alpha value is -1.51. The molecule has 1 rings (SSSR count). The van der Waals surface area contributed by atoms with Gasteiger partial charge in [0, 0.05) is 6.54 Å². The molecule has 0 aliphatic heterocycles. The zero-order chi connectivity index (χ0) is 8.97. The number of nitrogens with two attached hydrogens (primary N) is 1. The standard InChI is InChI=1S/C9H13N3/c1-3-6-11-9-5-4-8(10)7(2)12-9/h3-5H,1,6,10H2,2H3,(H,11,12). The van der Waals surface area contributed by atoms with Gasteiger partial charge in [-0.25, -0.2) is 4.98 Å². The minimum Gasteiger partial charge on any atom is -0.397 e. The largest absolute Gasteiger partial charge is 0.397 e. The minimum absolute atomic E-state index is 0.719. The normalized spacial score (nSPS) is 9.42. The van der Waals surface area contributed by atoms with E-state index < -0.39 is 0 Å². The van der Waals surface area contributed by atoms with Gasteiger partial charge in [0.25, 0.3) is 0 Å². The average Bonchev–Trinajstić information content (AvgIpc) is 2.07. The number of aryl methyl sites for hydroxylation is 1. The Labute approximate surface area is 72.3 Å². The minimum atomic E-state index is 0.719. The predicted molar refractivity (Wildman–Crippen MR) is 52.1 cm³/mol. The molecule has 3 heteroatoms. The summed E-state index contributed by atoms with van der Waals surface area (Å²) in [5.74, 6) is 0.835. The summed E-state index contributed by atoms with van der Waals surface area (Å²) in [6, 6.07) is 3.69. The van der Waals surface area contributed by atoms with Crippen molar-refractivity contribution in [1.29, 1.82) is 0 Å². The van der Waals surface area contributed by atoms with Crippen LogP contribution in [0.1, 0.15) is 5.69 Å². The van der Waals surface area contributed by atoms with Gasteiger partial charge >= 0.3 is 0 Å². The summed E-state index contributed by atoms with van der Waals surface area (Å²) in [6.45, 7) is 6.20. The number of pyridine rings is 1. The molecule has 1 heterocycles. The molecule has 0 aliphatic carbocycles. The predicted octanol–water partition coefficient (Wildman–Crippen LogP) is 1.57. The maximum atomic E-state index is 5.61. The Morgan fingerprint density at radius 2 is 2.42 bits per heavy atom. The Bertz CT molecular complexity index is 281. The number of nitrogens with zero attached hydrogens (tertiary/aromatic N) is 1. The number of rotatable bonds is 3. The first-order chi connectivity index (χ1) is 5.74. The molecule has 12 heavy (non-hydrogen) atoms. The lowest BCUT2D eigenvalue weighted by atomic mass is 10.3. The molecule has 1 aromatic heterocycles. The van der Waals surface area contributed by atoms with Gasteiger partial charge in [-0.2, -0.15) is 0 Å². The number of nitrogens with one attached hydrogen (secondary N) is 1. The molecule has 3 nitrogen and oxygen atoms in total. The van der Waals surface area contributed by atoms with E-state index in [1.54, 1.807) is 6.08 Å². The van der Waals surface area contributed by atoms with Crippen molar-refractivity contribution >= 4 is 11.5 Å². The summed E-state index contributed by atoms with van der Waals surface area (Å²) in [5, 5.41) is 3.08. The lowest BCUT2D eigenvalue weighted by Crippen LogP contribution is -2.02. The van der Waals surface area contributed by atoms with E-state index in [0.717, 1.165) is 23.7 Å². The van der Waals surface area contributed by atoms with Crippen LogP contribution in [-0.2, 0) is 0 Å². The van der Waals surface area contributed by atoms with E-state index in [2.05, 4.69) is 16.9 Å². The van der Waals surface area contributed by atoms with Crippen LogP contribution in [0.3, 0.4) is 0 Å². The van der Waals surface area contributed by atoms with Crippen LogP contribution in [0.25, 0.3) is 0 Å². The summed E-state index contributed by atoms with van der Waals surface area (Å²) in [7, 11) is 0. The van der Waals surface area contributed by atoms with Crippen molar-refractivity contribution in [3.8, 4) is 0 Å². The lowest BCUT2D eigenvalue weighted by molar-refractivity contribution is 1.17. The molecule has 0 unspecified atom stereocenters. The molecule has 0 bridgehead atoms. The molecule has 0 spiro atoms. The monoisotopic (exact) mass is 163 g/mol. The first-order valence-corrected chi connectivity index (χ1v) is 3.82. The number of nitrogen functional groups attached to an aromatic ring is 1. The van der Waals surface area contributed by atoms with E-state index in [9.17, 15) is 0 Å². The maximum Gasteiger partial charge on any atom is 0.126 e. The van der Waals surface area contributed by atoms with Crippen LogP contribution in [0.5, 0.6) is 0 Å². The highest BCUT2D eigenvalue weighted by atomic mass is 15.0. The van der Waals surface area contributed by atoms with E-state index in [-0.39, 0.29) is 0 Å². The van der Waals surface area contributed by atoms with Crippen LogP contribution < -0.4 is 11.1 Å². The van der Waals surface area contributed by atoms with Gasteiger partial charge in [-0.05, 0) is 19.1 Å². The quantitative estimate of drug-likeness (QED) is 0.665. The van der Waals surface area contributed by atoms with Crippen molar-refractivity contribution in [2.75, 3.05) is 17.6 Å². The van der Waals surface area contributed by atoms with Crippen LogP contribution >= 0.6 is 0 Å². The van der Waals surface area contributed by atoms with Gasteiger partial charge in [-0.15, -0.1) is 6.58 Å². The SMILES string of the molecule is C=CCNc1ccc(N)c(C)n1. The number of hydrogen-bond acceptors (Lipinski definition) is 3. The first-order valence-electron chi connectivity index (χ1n) is 3.82. The van der Waals surface area contributed by atoms with Crippen molar-refractivity contribution in [2.24, 2.45) is 0 Å². The van der Waals surface area contributed by atoms with E-state index in [1.165, 1.54) is 0 Å². The van der Waals surface area contributed by atoms with Gasteiger partial charge in [0.2, 0.25) is 0 Å². The molecule has 64 valence electrons. The third-order valence-electron chi connectivity index (χ3n) is 1.55. The van der Waals surface area contributed by atoms with Crippen molar-refractivity contribution in [1.82, 2.24) is 4.98 Å². The second-order valence-corrected chi connectivity index (χ2v) is 2.54. The van der Waals surface area contributed by atoms with E-state index in [0.29, 0.717) is 0 Å². The van der Waals surface area contributed by atoms with Gasteiger partial charge in [0.05, 0.1) is 11.4 Å². The lowest BCUT2D eigenvalue weighted by Gasteiger charge is -2.04. The highest BCUT2D eigenvalue weighted by Crippen LogP contribution is 2.11. The fourth-order valence-electron chi connectivity index (χ4n) is 0.847. The van der Waals surface area contributed by atoms with Crippen molar-refractivity contribution in [3.05, 3.63) is 30.5 Å². The molecule has 1 aromatic rings. The van der Waals surface area contributed by atoms with Gasteiger partial charge in [-0.3, -0.25) is 0 Å². The second kappa shape index (κ2) is 3.76. The Balaban J connectivity index is 2.75. The molecular formula is C9H13N3. The molecule has 0 radical (unpaired) electrons. The van der Waals surface area contributed by atoms with Crippen molar-refractivity contribution in [2.45, 2.75) is 6.92 Å². The molecule has 3 N–H and O–H groups in total. The van der Waals surface area contributed by atoms with Crippen LogP contribution in [0.4, 0.5) is 11.5 Å². The van der Waals surface area contributed by atoms with Gasteiger partial charge in [-0.1, -0.05) is 6.08 Å². The Kier molecular flexibility index (Phi) is 2.69. The fourth-order valence-corrected chi connectivity index (χ4v) is 0.847. The van der Waals surface area contributed by atoms with E-state index >= 15 is 0 Å². The second-order valence-electron chi connectivity index (χ2n) is 2.54. The summed E-state index contributed by atoms with van der Waals surface area (Å²) < 4.78 is 0. The summed E-state index contributed by atoms with van der Waals surface area (Å²) >= 11 is 0. The van der Waals surface area contributed by atoms with Crippen LogP contribution in [0.2, 0.25) is 0 Å². The van der Waals surface area contributed by atoms with E-state index in [1.807, 2.05) is 19.1 Å². The fraction of sp³-hybridized carbons (Fsp3) is 0.222. The number of anilines is 2. The third kappa shape index (κ3) is 1.99. The number of aromatic nitrogens is 1. The van der Waals surface area contributed by atoms with Gasteiger partial charge in [0.15, 0.2) is 0 Å².